The summed E-state index contributed by atoms with van der Waals surface area (Å²) in [4.78, 5) is 37.9. The first-order valence-electron chi connectivity index (χ1n) is 5.90. The molecule has 1 heterocycles. The van der Waals surface area contributed by atoms with E-state index < -0.39 is 23.2 Å². The van der Waals surface area contributed by atoms with Crippen molar-refractivity contribution in [3.8, 4) is 0 Å². The minimum absolute atomic E-state index is 0.299. The lowest BCUT2D eigenvalue weighted by Crippen LogP contribution is -2.53. The molecule has 8 heteroatoms. The van der Waals surface area contributed by atoms with Crippen LogP contribution in [0.1, 0.15) is 34.6 Å². The molecule has 0 atom stereocenters. The highest BCUT2D eigenvalue weighted by Crippen LogP contribution is 2.12. The molecule has 110 valence electrons. The van der Waals surface area contributed by atoms with Crippen molar-refractivity contribution in [1.29, 1.82) is 0 Å². The van der Waals surface area contributed by atoms with E-state index in [2.05, 4.69) is 5.32 Å². The van der Waals surface area contributed by atoms with Gasteiger partial charge in [0.25, 0.3) is 0 Å². The lowest BCUT2D eigenvalue weighted by Gasteiger charge is -2.27. The predicted molar refractivity (Wildman–Crippen MR) is 63.3 cm³/mol. The maximum absolute atomic E-state index is 11.8. The van der Waals surface area contributed by atoms with Gasteiger partial charge in [-0.15, -0.1) is 0 Å². The van der Waals surface area contributed by atoms with Gasteiger partial charge in [0.2, 0.25) is 0 Å². The molecule has 1 fully saturated rings. The molecule has 0 aromatic carbocycles. The van der Waals surface area contributed by atoms with Crippen LogP contribution in [0.15, 0.2) is 0 Å². The number of nitrogens with zero attached hydrogens (tertiary/aromatic N) is 1. The summed E-state index contributed by atoms with van der Waals surface area (Å²) in [6, 6.07) is 0. The number of nitrogens with one attached hydrogen (secondary N) is 1. The van der Waals surface area contributed by atoms with Gasteiger partial charge in [-0.1, -0.05) is 0 Å². The Labute approximate surface area is 111 Å². The molecule has 1 rings (SSSR count). The van der Waals surface area contributed by atoms with Crippen molar-refractivity contribution in [1.82, 2.24) is 10.7 Å². The molecule has 19 heavy (non-hydrogen) atoms. The molecular formula is C11H20N2O6. The third-order valence-electron chi connectivity index (χ3n) is 1.96. The summed E-state index contributed by atoms with van der Waals surface area (Å²) in [6.45, 7) is 8.74. The van der Waals surface area contributed by atoms with Gasteiger partial charge in [-0.2, -0.15) is 0 Å². The average molecular weight is 276 g/mol. The van der Waals surface area contributed by atoms with Crippen molar-refractivity contribution in [2.75, 3.05) is 13.2 Å². The molecule has 8 nitrogen and oxygen atoms in total. The summed E-state index contributed by atoms with van der Waals surface area (Å²) in [5.74, 6) is -0.736. The Morgan fingerprint density at radius 1 is 1.11 bits per heavy atom. The van der Waals surface area contributed by atoms with E-state index in [1.807, 2.05) is 0 Å². The first-order valence-corrected chi connectivity index (χ1v) is 5.90. The number of amides is 1. The van der Waals surface area contributed by atoms with Crippen molar-refractivity contribution in [3.05, 3.63) is 0 Å². The molecule has 0 radical (unpaired) electrons. The van der Waals surface area contributed by atoms with Gasteiger partial charge in [0.15, 0.2) is 0 Å². The molecule has 0 aliphatic carbocycles. The summed E-state index contributed by atoms with van der Waals surface area (Å²) < 4.78 is 5.06. The highest BCUT2D eigenvalue weighted by molar-refractivity contribution is 5.84. The van der Waals surface area contributed by atoms with E-state index in [1.165, 1.54) is 13.8 Å². The van der Waals surface area contributed by atoms with Gasteiger partial charge < -0.3 is 14.9 Å². The zero-order valence-electron chi connectivity index (χ0n) is 11.8. The van der Waals surface area contributed by atoms with Gasteiger partial charge in [-0.05, 0) is 34.6 Å². The lowest BCUT2D eigenvalue weighted by atomic mass is 10.1. The van der Waals surface area contributed by atoms with Crippen molar-refractivity contribution in [2.45, 2.75) is 45.8 Å². The summed E-state index contributed by atoms with van der Waals surface area (Å²) in [6.07, 6.45) is -0.710. The molecule has 0 bridgehead atoms. The van der Waals surface area contributed by atoms with Crippen molar-refractivity contribution >= 4 is 12.1 Å². The maximum Gasteiger partial charge on any atom is 0.408 e. The van der Waals surface area contributed by atoms with Gasteiger partial charge in [-0.25, -0.2) is 19.3 Å². The number of carbonyl (C=O) groups is 2. The Bertz CT molecular complexity index is 344. The number of hydrogen-bond donors (Lipinski definition) is 1. The molecule has 0 aromatic rings. The lowest BCUT2D eigenvalue weighted by molar-refractivity contribution is -0.461. The minimum atomic E-state index is -1.28. The average Bonchev–Trinajstić information content (AvgIpc) is 2.65. The Morgan fingerprint density at radius 2 is 1.63 bits per heavy atom. The summed E-state index contributed by atoms with van der Waals surface area (Å²) >= 11 is 0. The van der Waals surface area contributed by atoms with E-state index in [1.54, 1.807) is 20.8 Å². The summed E-state index contributed by atoms with van der Waals surface area (Å²) in [5.41, 5.74) is -1.93. The molecule has 0 saturated carbocycles. The van der Waals surface area contributed by atoms with Crippen LogP contribution < -0.4 is 5.32 Å². The van der Waals surface area contributed by atoms with Crippen molar-refractivity contribution in [3.63, 3.8) is 0 Å². The Kier molecular flexibility index (Phi) is 4.72. The Hall–Kier alpha value is -1.38. The monoisotopic (exact) mass is 276 g/mol. The van der Waals surface area contributed by atoms with Gasteiger partial charge >= 0.3 is 12.1 Å². The van der Waals surface area contributed by atoms with Gasteiger partial charge in [-0.3, -0.25) is 0 Å². The van der Waals surface area contributed by atoms with Crippen LogP contribution in [0.2, 0.25) is 0 Å². The standard InChI is InChI=1S/C11H20N2O6/c1-10(2,3)18-9(15)12-11(4,5)8(14)19-13-16-6-7-17-13/h6-7H2,1-5H3,(H,12,15). The fourth-order valence-corrected chi connectivity index (χ4v) is 1.11. The molecule has 0 aromatic heterocycles. The second-order valence-electron chi connectivity index (χ2n) is 5.52. The van der Waals surface area contributed by atoms with Crippen LogP contribution >= 0.6 is 0 Å². The Morgan fingerprint density at radius 3 is 2.11 bits per heavy atom. The van der Waals surface area contributed by atoms with Gasteiger partial charge in [0.05, 0.1) is 0 Å². The van der Waals surface area contributed by atoms with Crippen LogP contribution in [0.5, 0.6) is 0 Å². The second kappa shape index (κ2) is 5.72. The van der Waals surface area contributed by atoms with Crippen molar-refractivity contribution in [2.24, 2.45) is 0 Å². The maximum atomic E-state index is 11.8. The minimum Gasteiger partial charge on any atom is -0.444 e. The number of hydrogen-bond acceptors (Lipinski definition) is 7. The summed E-state index contributed by atoms with van der Waals surface area (Å²) in [5, 5.41) is 3.04. The van der Waals surface area contributed by atoms with Crippen LogP contribution in [-0.4, -0.2) is 41.8 Å². The fraction of sp³-hybridized carbons (Fsp3) is 0.818. The first-order chi connectivity index (χ1) is 8.60. The van der Waals surface area contributed by atoms with E-state index in [0.717, 1.165) is 0 Å². The van der Waals surface area contributed by atoms with E-state index >= 15 is 0 Å². The number of carbonyl (C=O) groups excluding carboxylic acids is 2. The fourth-order valence-electron chi connectivity index (χ4n) is 1.11. The first kappa shape index (κ1) is 15.7. The van der Waals surface area contributed by atoms with Gasteiger partial charge in [0, 0.05) is 0 Å². The van der Waals surface area contributed by atoms with Gasteiger partial charge in [0.1, 0.15) is 29.7 Å². The van der Waals surface area contributed by atoms with Crippen LogP contribution in [0, 0.1) is 0 Å². The summed E-state index contributed by atoms with van der Waals surface area (Å²) in [7, 11) is 0. The highest BCUT2D eigenvalue weighted by Gasteiger charge is 2.36. The van der Waals surface area contributed by atoms with Crippen LogP contribution in [0.3, 0.4) is 0 Å². The molecule has 1 saturated heterocycles. The molecule has 0 spiro atoms. The number of ether oxygens (including phenoxy) is 1. The molecule has 1 N–H and O–H groups in total. The third kappa shape index (κ3) is 5.41. The smallest absolute Gasteiger partial charge is 0.408 e. The van der Waals surface area contributed by atoms with E-state index in [9.17, 15) is 9.59 Å². The topological polar surface area (TPSA) is 86.3 Å². The van der Waals surface area contributed by atoms with Crippen molar-refractivity contribution < 1.29 is 28.8 Å². The largest absolute Gasteiger partial charge is 0.444 e. The third-order valence-corrected chi connectivity index (χ3v) is 1.96. The van der Waals surface area contributed by atoms with Crippen LogP contribution in [0.4, 0.5) is 4.79 Å². The molecular weight excluding hydrogens is 256 g/mol. The zero-order valence-corrected chi connectivity index (χ0v) is 11.8. The molecule has 1 amide bonds. The van der Waals surface area contributed by atoms with Crippen LogP contribution in [-0.2, 0) is 24.0 Å². The SMILES string of the molecule is CC(C)(C)OC(=O)NC(C)(C)C(=O)ON1OCCO1. The van der Waals surface area contributed by atoms with E-state index in [0.29, 0.717) is 18.6 Å². The predicted octanol–water partition coefficient (Wildman–Crippen LogP) is 0.927. The molecule has 1 aliphatic heterocycles. The molecule has 0 unspecified atom stereocenters. The highest BCUT2D eigenvalue weighted by atomic mass is 17.2. The second-order valence-corrected chi connectivity index (χ2v) is 5.52. The quantitative estimate of drug-likeness (QED) is 0.820. The van der Waals surface area contributed by atoms with E-state index in [4.69, 9.17) is 19.2 Å². The normalized spacial score (nSPS) is 17.1. The van der Waals surface area contributed by atoms with Crippen LogP contribution in [0.25, 0.3) is 0 Å². The zero-order chi connectivity index (χ0) is 14.7. The molecule has 1 aliphatic rings. The number of rotatable bonds is 3. The Balaban J connectivity index is 2.49. The van der Waals surface area contributed by atoms with E-state index in [-0.39, 0.29) is 0 Å². The number of alkyl carbamates (subject to hydrolysis) is 1.